The predicted octanol–water partition coefficient (Wildman–Crippen LogP) is 5.23. The molecule has 0 spiro atoms. The van der Waals surface area contributed by atoms with E-state index in [0.717, 1.165) is 29.3 Å². The Bertz CT molecular complexity index is 536. The molecular weight excluding hydrogens is 246 g/mol. The van der Waals surface area contributed by atoms with Crippen LogP contribution in [0.1, 0.15) is 57.4 Å². The number of pyridine rings is 1. The maximum absolute atomic E-state index is 10.3. The first-order chi connectivity index (χ1) is 9.83. The summed E-state index contributed by atoms with van der Waals surface area (Å²) in [7, 11) is 0. The van der Waals surface area contributed by atoms with Gasteiger partial charge in [0.05, 0.1) is 0 Å². The fraction of sp³-hybridized carbons (Fsp3) is 0.500. The number of rotatable bonds is 8. The number of benzene rings is 1. The van der Waals surface area contributed by atoms with E-state index >= 15 is 0 Å². The van der Waals surface area contributed by atoms with Crippen molar-refractivity contribution in [3.05, 3.63) is 36.0 Å². The Morgan fingerprint density at radius 1 is 0.950 bits per heavy atom. The van der Waals surface area contributed by atoms with Crippen LogP contribution in [0.15, 0.2) is 30.5 Å². The highest BCUT2D eigenvalue weighted by molar-refractivity contribution is 5.85. The van der Waals surface area contributed by atoms with Crippen molar-refractivity contribution in [1.29, 1.82) is 0 Å². The van der Waals surface area contributed by atoms with Gasteiger partial charge >= 0.3 is 0 Å². The molecule has 1 heterocycles. The van der Waals surface area contributed by atoms with Gasteiger partial charge in [0.2, 0.25) is 0 Å². The number of aryl methyl sites for hydroxylation is 1. The molecule has 0 aliphatic carbocycles. The zero-order valence-corrected chi connectivity index (χ0v) is 12.4. The van der Waals surface area contributed by atoms with Crippen LogP contribution in [-0.4, -0.2) is 10.1 Å². The molecule has 0 saturated heterocycles. The number of aromatic hydroxyl groups is 1. The zero-order chi connectivity index (χ0) is 14.2. The van der Waals surface area contributed by atoms with Gasteiger partial charge in [-0.25, -0.2) is 0 Å². The van der Waals surface area contributed by atoms with Gasteiger partial charge in [-0.2, -0.15) is 0 Å². The second-order valence-corrected chi connectivity index (χ2v) is 5.52. The number of aromatic nitrogens is 1. The molecule has 108 valence electrons. The summed E-state index contributed by atoms with van der Waals surface area (Å²) in [5.41, 5.74) is 1.76. The smallest absolute Gasteiger partial charge is 0.144 e. The third kappa shape index (κ3) is 3.96. The Morgan fingerprint density at radius 2 is 1.70 bits per heavy atom. The average Bonchev–Trinajstić information content (AvgIpc) is 2.49. The van der Waals surface area contributed by atoms with Gasteiger partial charge in [-0.15, -0.1) is 0 Å². The van der Waals surface area contributed by atoms with Crippen molar-refractivity contribution in [1.82, 2.24) is 4.98 Å². The molecule has 0 saturated carbocycles. The molecule has 2 nitrogen and oxygen atoms in total. The van der Waals surface area contributed by atoms with Crippen LogP contribution in [0, 0.1) is 0 Å². The Balaban J connectivity index is 1.83. The fourth-order valence-electron chi connectivity index (χ4n) is 2.65. The summed E-state index contributed by atoms with van der Waals surface area (Å²) in [5.74, 6) is 0.370. The normalized spacial score (nSPS) is 11.1. The highest BCUT2D eigenvalue weighted by atomic mass is 16.3. The van der Waals surface area contributed by atoms with Crippen molar-refractivity contribution < 1.29 is 5.11 Å². The molecule has 0 aliphatic rings. The van der Waals surface area contributed by atoms with Crippen molar-refractivity contribution in [2.75, 3.05) is 0 Å². The van der Waals surface area contributed by atoms with E-state index in [1.165, 1.54) is 38.5 Å². The van der Waals surface area contributed by atoms with Gasteiger partial charge in [0.15, 0.2) is 0 Å². The molecule has 1 N–H and O–H groups in total. The molecule has 0 bridgehead atoms. The maximum Gasteiger partial charge on any atom is 0.144 e. The van der Waals surface area contributed by atoms with E-state index in [4.69, 9.17) is 0 Å². The molecule has 0 radical (unpaired) electrons. The van der Waals surface area contributed by atoms with Gasteiger partial charge in [-0.05, 0) is 24.5 Å². The van der Waals surface area contributed by atoms with Gasteiger partial charge in [-0.3, -0.25) is 4.98 Å². The average molecular weight is 271 g/mol. The number of hydrogen-bond acceptors (Lipinski definition) is 2. The van der Waals surface area contributed by atoms with E-state index in [1.54, 1.807) is 6.20 Å². The topological polar surface area (TPSA) is 33.1 Å². The van der Waals surface area contributed by atoms with Crippen LogP contribution in [0.4, 0.5) is 0 Å². The molecule has 2 heteroatoms. The Kier molecular flexibility index (Phi) is 5.85. The van der Waals surface area contributed by atoms with E-state index in [9.17, 15) is 5.11 Å². The van der Waals surface area contributed by atoms with Crippen LogP contribution in [0.2, 0.25) is 0 Å². The molecule has 20 heavy (non-hydrogen) atoms. The minimum Gasteiger partial charge on any atom is -0.505 e. The van der Waals surface area contributed by atoms with Crippen molar-refractivity contribution in [3.63, 3.8) is 0 Å². The van der Waals surface area contributed by atoms with Gasteiger partial charge in [-0.1, -0.05) is 63.6 Å². The summed E-state index contributed by atoms with van der Waals surface area (Å²) in [6.07, 6.45) is 11.8. The van der Waals surface area contributed by atoms with Crippen molar-refractivity contribution in [3.8, 4) is 5.75 Å². The van der Waals surface area contributed by atoms with Crippen molar-refractivity contribution in [2.45, 2.75) is 58.3 Å². The third-order valence-electron chi connectivity index (χ3n) is 3.88. The molecule has 2 aromatic rings. The zero-order valence-electron chi connectivity index (χ0n) is 12.4. The van der Waals surface area contributed by atoms with Crippen LogP contribution < -0.4 is 0 Å². The monoisotopic (exact) mass is 271 g/mol. The summed E-state index contributed by atoms with van der Waals surface area (Å²) >= 11 is 0. The highest BCUT2D eigenvalue weighted by Crippen LogP contribution is 2.28. The second kappa shape index (κ2) is 7.88. The number of nitrogens with zero attached hydrogens (tertiary/aromatic N) is 1. The molecule has 2 rings (SSSR count). The van der Waals surface area contributed by atoms with Crippen LogP contribution in [0.3, 0.4) is 0 Å². The quantitative estimate of drug-likeness (QED) is 0.666. The molecule has 1 aromatic heterocycles. The molecular formula is C18H25NO. The van der Waals surface area contributed by atoms with Crippen LogP contribution in [-0.2, 0) is 6.42 Å². The largest absolute Gasteiger partial charge is 0.505 e. The number of hydrogen-bond donors (Lipinski definition) is 1. The molecule has 0 unspecified atom stereocenters. The third-order valence-corrected chi connectivity index (χ3v) is 3.88. The number of unbranched alkanes of at least 4 members (excludes halogenated alkanes) is 6. The first-order valence-corrected chi connectivity index (χ1v) is 7.88. The number of phenols is 1. The standard InChI is InChI=1S/C18H25NO/c1-2-3-4-5-6-7-8-10-16-13-12-15-11-9-14-19-17(15)18(16)20/h9,11-14,20H,2-8,10H2,1H3. The minimum absolute atomic E-state index is 0.370. The van der Waals surface area contributed by atoms with E-state index in [-0.39, 0.29) is 0 Å². The molecule has 0 fully saturated rings. The summed E-state index contributed by atoms with van der Waals surface area (Å²) < 4.78 is 0. The lowest BCUT2D eigenvalue weighted by atomic mass is 10.0. The van der Waals surface area contributed by atoms with Gasteiger partial charge in [0.1, 0.15) is 11.3 Å². The van der Waals surface area contributed by atoms with E-state index in [0.29, 0.717) is 5.75 Å². The number of phenolic OH excluding ortho intramolecular Hbond substituents is 1. The molecule has 0 aliphatic heterocycles. The lowest BCUT2D eigenvalue weighted by Gasteiger charge is -2.07. The SMILES string of the molecule is CCCCCCCCCc1ccc2cccnc2c1O. The summed E-state index contributed by atoms with van der Waals surface area (Å²) in [6, 6.07) is 7.98. The second-order valence-electron chi connectivity index (χ2n) is 5.52. The summed E-state index contributed by atoms with van der Waals surface area (Å²) in [4.78, 5) is 4.27. The van der Waals surface area contributed by atoms with Crippen LogP contribution in [0.5, 0.6) is 5.75 Å². The summed E-state index contributed by atoms with van der Waals surface area (Å²) in [5, 5.41) is 11.3. The van der Waals surface area contributed by atoms with Crippen LogP contribution >= 0.6 is 0 Å². The maximum atomic E-state index is 10.3. The van der Waals surface area contributed by atoms with E-state index in [2.05, 4.69) is 18.0 Å². The van der Waals surface area contributed by atoms with E-state index in [1.807, 2.05) is 18.2 Å². The first-order valence-electron chi connectivity index (χ1n) is 7.88. The van der Waals surface area contributed by atoms with Crippen molar-refractivity contribution >= 4 is 10.9 Å². The molecule has 0 atom stereocenters. The number of fused-ring (bicyclic) bond motifs is 1. The van der Waals surface area contributed by atoms with Gasteiger partial charge in [0, 0.05) is 11.6 Å². The lowest BCUT2D eigenvalue weighted by Crippen LogP contribution is -1.89. The van der Waals surface area contributed by atoms with Crippen LogP contribution in [0.25, 0.3) is 10.9 Å². The van der Waals surface area contributed by atoms with Gasteiger partial charge in [0.25, 0.3) is 0 Å². The predicted molar refractivity (Wildman–Crippen MR) is 85.1 cm³/mol. The van der Waals surface area contributed by atoms with Crippen molar-refractivity contribution in [2.24, 2.45) is 0 Å². The Hall–Kier alpha value is -1.57. The lowest BCUT2D eigenvalue weighted by molar-refractivity contribution is 0.471. The van der Waals surface area contributed by atoms with Gasteiger partial charge < -0.3 is 5.11 Å². The fourth-order valence-corrected chi connectivity index (χ4v) is 2.65. The Labute approximate surface area is 121 Å². The molecule has 0 amide bonds. The summed E-state index contributed by atoms with van der Waals surface area (Å²) in [6.45, 7) is 2.25. The first kappa shape index (κ1) is 14.8. The highest BCUT2D eigenvalue weighted by Gasteiger charge is 2.06. The minimum atomic E-state index is 0.370. The Morgan fingerprint density at radius 3 is 2.50 bits per heavy atom. The molecule has 1 aromatic carbocycles. The van der Waals surface area contributed by atoms with E-state index < -0.39 is 0 Å².